The van der Waals surface area contributed by atoms with Crippen molar-refractivity contribution in [3.63, 3.8) is 0 Å². The molecule has 38 heavy (non-hydrogen) atoms. The standard InChI is InChI=1S/C29H30F3NO5/c1-16-24(27(35)37-5)25(26-20(33-16)13-28(2,3)14-21(26)34)18-9-10-22(23(12-18)36-4)38-15-17-7-6-8-19(11-17)29(30,31)32/h6-12,24-25,33H,1,13-15H2,2-5H3. The zero-order valence-electron chi connectivity index (χ0n) is 21.7. The van der Waals surface area contributed by atoms with Crippen molar-refractivity contribution in [2.24, 2.45) is 11.3 Å². The zero-order valence-corrected chi connectivity index (χ0v) is 21.7. The number of nitrogens with one attached hydrogen (secondary N) is 1. The lowest BCUT2D eigenvalue weighted by molar-refractivity contribution is -0.145. The van der Waals surface area contributed by atoms with Gasteiger partial charge in [0.15, 0.2) is 17.3 Å². The number of Topliss-reactive ketones (excluding diaryl/α,β-unsaturated/α-hetero) is 1. The van der Waals surface area contributed by atoms with E-state index in [0.717, 1.165) is 17.8 Å². The number of alkyl halides is 3. The monoisotopic (exact) mass is 529 g/mol. The van der Waals surface area contributed by atoms with Crippen LogP contribution < -0.4 is 14.8 Å². The smallest absolute Gasteiger partial charge is 0.416 e. The summed E-state index contributed by atoms with van der Waals surface area (Å²) in [4.78, 5) is 26.2. The second kappa shape index (κ2) is 10.2. The Morgan fingerprint density at radius 3 is 2.50 bits per heavy atom. The normalized spacial score (nSPS) is 20.9. The molecule has 0 amide bonds. The zero-order chi connectivity index (χ0) is 27.8. The fourth-order valence-electron chi connectivity index (χ4n) is 5.21. The molecular formula is C29H30F3NO5. The highest BCUT2D eigenvalue weighted by Gasteiger charge is 2.46. The fourth-order valence-corrected chi connectivity index (χ4v) is 5.21. The van der Waals surface area contributed by atoms with Gasteiger partial charge in [-0.1, -0.05) is 38.6 Å². The summed E-state index contributed by atoms with van der Waals surface area (Å²) in [6, 6.07) is 9.93. The van der Waals surface area contributed by atoms with Gasteiger partial charge >= 0.3 is 12.1 Å². The molecular weight excluding hydrogens is 499 g/mol. The van der Waals surface area contributed by atoms with E-state index in [1.54, 1.807) is 24.3 Å². The summed E-state index contributed by atoms with van der Waals surface area (Å²) in [7, 11) is 2.72. The van der Waals surface area contributed by atoms with Gasteiger partial charge in [-0.3, -0.25) is 9.59 Å². The quantitative estimate of drug-likeness (QED) is 0.468. The Morgan fingerprint density at radius 2 is 1.84 bits per heavy atom. The molecule has 0 bridgehead atoms. The van der Waals surface area contributed by atoms with Gasteiger partial charge in [-0.05, 0) is 47.2 Å². The van der Waals surface area contributed by atoms with Crippen molar-refractivity contribution >= 4 is 11.8 Å². The number of ketones is 1. The number of rotatable bonds is 6. The van der Waals surface area contributed by atoms with Crippen LogP contribution in [0, 0.1) is 11.3 Å². The van der Waals surface area contributed by atoms with E-state index in [-0.39, 0.29) is 17.8 Å². The lowest BCUT2D eigenvalue weighted by Gasteiger charge is -2.42. The summed E-state index contributed by atoms with van der Waals surface area (Å²) in [5.41, 5.74) is 1.67. The predicted octanol–water partition coefficient (Wildman–Crippen LogP) is 5.93. The molecule has 0 saturated carbocycles. The maximum Gasteiger partial charge on any atom is 0.416 e. The Bertz CT molecular complexity index is 1310. The number of hydrogen-bond donors (Lipinski definition) is 1. The summed E-state index contributed by atoms with van der Waals surface area (Å²) in [5, 5.41) is 3.19. The Balaban J connectivity index is 1.70. The van der Waals surface area contributed by atoms with Crippen molar-refractivity contribution < 1.29 is 37.0 Å². The van der Waals surface area contributed by atoms with Crippen molar-refractivity contribution in [3.8, 4) is 11.5 Å². The number of benzene rings is 2. The van der Waals surface area contributed by atoms with Crippen molar-refractivity contribution in [1.29, 1.82) is 0 Å². The third kappa shape index (κ3) is 5.42. The molecule has 202 valence electrons. The summed E-state index contributed by atoms with van der Waals surface area (Å²) in [6.45, 7) is 7.97. The van der Waals surface area contributed by atoms with Crippen LogP contribution in [0.25, 0.3) is 0 Å². The highest BCUT2D eigenvalue weighted by atomic mass is 19.4. The van der Waals surface area contributed by atoms with E-state index in [0.29, 0.717) is 46.7 Å². The van der Waals surface area contributed by atoms with Crippen molar-refractivity contribution in [2.45, 2.75) is 45.4 Å². The molecule has 0 saturated heterocycles. The molecule has 1 aliphatic carbocycles. The van der Waals surface area contributed by atoms with Gasteiger partial charge in [-0.25, -0.2) is 0 Å². The van der Waals surface area contributed by atoms with Crippen LogP contribution in [0.3, 0.4) is 0 Å². The van der Waals surface area contributed by atoms with Crippen LogP contribution >= 0.6 is 0 Å². The van der Waals surface area contributed by atoms with Crippen LogP contribution in [0.1, 0.15) is 49.3 Å². The van der Waals surface area contributed by atoms with Gasteiger partial charge in [0.05, 0.1) is 19.8 Å². The van der Waals surface area contributed by atoms with E-state index < -0.39 is 29.5 Å². The molecule has 1 aliphatic heterocycles. The molecule has 0 spiro atoms. The third-order valence-electron chi connectivity index (χ3n) is 6.90. The van der Waals surface area contributed by atoms with Gasteiger partial charge in [-0.2, -0.15) is 13.2 Å². The second-order valence-corrected chi connectivity index (χ2v) is 10.4. The van der Waals surface area contributed by atoms with Gasteiger partial charge in [0.25, 0.3) is 0 Å². The van der Waals surface area contributed by atoms with E-state index in [9.17, 15) is 22.8 Å². The first-order valence-corrected chi connectivity index (χ1v) is 12.1. The maximum absolute atomic E-state index is 13.4. The van der Waals surface area contributed by atoms with Crippen LogP contribution in [0.5, 0.6) is 11.5 Å². The average Bonchev–Trinajstić information content (AvgIpc) is 2.85. The Kier molecular flexibility index (Phi) is 7.32. The number of halogens is 3. The Morgan fingerprint density at radius 1 is 1.11 bits per heavy atom. The summed E-state index contributed by atoms with van der Waals surface area (Å²) in [6.07, 6.45) is -3.50. The Labute approximate surface area is 219 Å². The number of carbonyl (C=O) groups is 2. The van der Waals surface area contributed by atoms with Crippen LogP contribution in [0.2, 0.25) is 0 Å². The number of esters is 1. The minimum Gasteiger partial charge on any atom is -0.493 e. The average molecular weight is 530 g/mol. The fraction of sp³-hybridized carbons (Fsp3) is 0.379. The van der Waals surface area contributed by atoms with E-state index in [2.05, 4.69) is 11.9 Å². The van der Waals surface area contributed by atoms with Gasteiger partial charge in [-0.15, -0.1) is 0 Å². The highest BCUT2D eigenvalue weighted by molar-refractivity contribution is 6.00. The number of methoxy groups -OCH3 is 2. The van der Waals surface area contributed by atoms with Crippen LogP contribution in [-0.4, -0.2) is 26.0 Å². The molecule has 2 aliphatic rings. The first-order valence-electron chi connectivity index (χ1n) is 12.1. The minimum atomic E-state index is -4.45. The summed E-state index contributed by atoms with van der Waals surface area (Å²) < 4.78 is 55.6. The lowest BCUT2D eigenvalue weighted by Crippen LogP contribution is -2.43. The first-order chi connectivity index (χ1) is 17.8. The lowest BCUT2D eigenvalue weighted by atomic mass is 9.66. The van der Waals surface area contributed by atoms with E-state index in [1.807, 2.05) is 13.8 Å². The predicted molar refractivity (Wildman–Crippen MR) is 134 cm³/mol. The van der Waals surface area contributed by atoms with Crippen molar-refractivity contribution in [1.82, 2.24) is 5.32 Å². The van der Waals surface area contributed by atoms with Crippen molar-refractivity contribution in [2.75, 3.05) is 14.2 Å². The summed E-state index contributed by atoms with van der Waals surface area (Å²) in [5.74, 6) is -1.46. The minimum absolute atomic E-state index is 0.0565. The summed E-state index contributed by atoms with van der Waals surface area (Å²) >= 11 is 0. The topological polar surface area (TPSA) is 73.9 Å². The SMILES string of the molecule is C=C1NC2=C(C(=O)CC(C)(C)C2)C(c2ccc(OCc3cccc(C(F)(F)F)c3)c(OC)c2)C1C(=O)OC. The van der Waals surface area contributed by atoms with Crippen LogP contribution in [-0.2, 0) is 27.1 Å². The van der Waals surface area contributed by atoms with Gasteiger partial charge in [0.2, 0.25) is 0 Å². The Hall–Kier alpha value is -3.75. The largest absolute Gasteiger partial charge is 0.493 e. The molecule has 2 unspecified atom stereocenters. The third-order valence-corrected chi connectivity index (χ3v) is 6.90. The number of carbonyl (C=O) groups excluding carboxylic acids is 2. The molecule has 9 heteroatoms. The van der Waals surface area contributed by atoms with Gasteiger partial charge in [0.1, 0.15) is 12.5 Å². The van der Waals surface area contributed by atoms with Crippen molar-refractivity contribution in [3.05, 3.63) is 82.7 Å². The van der Waals surface area contributed by atoms with E-state index in [4.69, 9.17) is 14.2 Å². The molecule has 0 fully saturated rings. The molecule has 2 aromatic carbocycles. The second-order valence-electron chi connectivity index (χ2n) is 10.4. The van der Waals surface area contributed by atoms with E-state index in [1.165, 1.54) is 20.3 Å². The molecule has 2 aromatic rings. The maximum atomic E-state index is 13.4. The molecule has 6 nitrogen and oxygen atoms in total. The molecule has 1 N–H and O–H groups in total. The molecule has 0 aromatic heterocycles. The molecule has 4 rings (SSSR count). The first kappa shape index (κ1) is 27.3. The van der Waals surface area contributed by atoms with Crippen LogP contribution in [0.15, 0.2) is 66.0 Å². The molecule has 0 radical (unpaired) electrons. The highest BCUT2D eigenvalue weighted by Crippen LogP contribution is 2.49. The number of hydrogen-bond acceptors (Lipinski definition) is 6. The van der Waals surface area contributed by atoms with E-state index >= 15 is 0 Å². The molecule has 1 heterocycles. The van der Waals surface area contributed by atoms with Crippen LogP contribution in [0.4, 0.5) is 13.2 Å². The van der Waals surface area contributed by atoms with Gasteiger partial charge in [0, 0.05) is 29.3 Å². The molecule has 2 atom stereocenters. The van der Waals surface area contributed by atoms with Gasteiger partial charge < -0.3 is 19.5 Å². The number of allylic oxidation sites excluding steroid dienone is 2. The number of ether oxygens (including phenoxy) is 3.